The molecule has 1 aromatic rings. The summed E-state index contributed by atoms with van der Waals surface area (Å²) in [5.41, 5.74) is 2.32. The molecule has 0 amide bonds. The first-order valence-electron chi connectivity index (χ1n) is 6.58. The number of hydrogen-bond acceptors (Lipinski definition) is 3. The van der Waals surface area contributed by atoms with Gasteiger partial charge in [0.1, 0.15) is 0 Å². The van der Waals surface area contributed by atoms with E-state index in [1.807, 2.05) is 12.4 Å². The van der Waals surface area contributed by atoms with Crippen molar-refractivity contribution in [3.63, 3.8) is 0 Å². The average Bonchev–Trinajstić information content (AvgIpc) is 2.30. The highest BCUT2D eigenvalue weighted by atomic mass is 14.9. The molecule has 1 N–H and O–H groups in total. The van der Waals surface area contributed by atoms with Gasteiger partial charge in [-0.05, 0) is 38.3 Å². The molecule has 1 aromatic heterocycles. The van der Waals surface area contributed by atoms with Crippen LogP contribution in [0, 0.1) is 5.92 Å². The van der Waals surface area contributed by atoms with E-state index in [2.05, 4.69) is 36.1 Å². The highest BCUT2D eigenvalue weighted by molar-refractivity contribution is 5.11. The van der Waals surface area contributed by atoms with Crippen molar-refractivity contribution in [2.75, 3.05) is 13.1 Å². The molecule has 94 valence electrons. The summed E-state index contributed by atoms with van der Waals surface area (Å²) in [6.45, 7) is 8.81. The predicted molar refractivity (Wildman–Crippen MR) is 70.0 cm³/mol. The monoisotopic (exact) mass is 233 g/mol. The molecule has 17 heavy (non-hydrogen) atoms. The van der Waals surface area contributed by atoms with Crippen molar-refractivity contribution in [1.82, 2.24) is 15.3 Å². The number of rotatable bonds is 2. The van der Waals surface area contributed by atoms with Crippen LogP contribution in [-0.2, 0) is 11.8 Å². The molecule has 1 saturated heterocycles. The number of aromatic nitrogens is 2. The molecule has 0 atom stereocenters. The van der Waals surface area contributed by atoms with Crippen molar-refractivity contribution < 1.29 is 0 Å². The Morgan fingerprint density at radius 1 is 1.18 bits per heavy atom. The van der Waals surface area contributed by atoms with Crippen LogP contribution in [0.5, 0.6) is 0 Å². The van der Waals surface area contributed by atoms with Gasteiger partial charge in [0.25, 0.3) is 0 Å². The van der Waals surface area contributed by atoms with Crippen LogP contribution in [0.3, 0.4) is 0 Å². The van der Waals surface area contributed by atoms with E-state index in [0.29, 0.717) is 0 Å². The minimum atomic E-state index is 0.0975. The SMILES string of the molecule is CC(C)(C)c1cnc(CC2CCNCC2)cn1. The Kier molecular flexibility index (Phi) is 3.77. The second kappa shape index (κ2) is 5.13. The first-order valence-corrected chi connectivity index (χ1v) is 6.58. The van der Waals surface area contributed by atoms with Crippen molar-refractivity contribution in [3.8, 4) is 0 Å². The highest BCUT2D eigenvalue weighted by Gasteiger charge is 2.17. The van der Waals surface area contributed by atoms with E-state index in [4.69, 9.17) is 0 Å². The molecule has 0 bridgehead atoms. The summed E-state index contributed by atoms with van der Waals surface area (Å²) in [6, 6.07) is 0. The van der Waals surface area contributed by atoms with Crippen LogP contribution in [0.15, 0.2) is 12.4 Å². The van der Waals surface area contributed by atoms with Gasteiger partial charge in [-0.2, -0.15) is 0 Å². The zero-order chi connectivity index (χ0) is 12.3. The third-order valence-electron chi connectivity index (χ3n) is 3.43. The summed E-state index contributed by atoms with van der Waals surface area (Å²) < 4.78 is 0. The van der Waals surface area contributed by atoms with Crippen molar-refractivity contribution in [2.24, 2.45) is 5.92 Å². The summed E-state index contributed by atoms with van der Waals surface area (Å²) in [6.07, 6.45) is 7.52. The first-order chi connectivity index (χ1) is 8.05. The molecular weight excluding hydrogens is 210 g/mol. The zero-order valence-electron chi connectivity index (χ0n) is 11.2. The van der Waals surface area contributed by atoms with Crippen LogP contribution in [0.4, 0.5) is 0 Å². The lowest BCUT2D eigenvalue weighted by molar-refractivity contribution is 0.369. The highest BCUT2D eigenvalue weighted by Crippen LogP contribution is 2.20. The Bertz CT molecular complexity index is 345. The fraction of sp³-hybridized carbons (Fsp3) is 0.714. The van der Waals surface area contributed by atoms with Gasteiger partial charge in [0.15, 0.2) is 0 Å². The second-order valence-electron chi connectivity index (χ2n) is 6.04. The molecule has 0 unspecified atom stereocenters. The third-order valence-corrected chi connectivity index (χ3v) is 3.43. The van der Waals surface area contributed by atoms with E-state index in [1.54, 1.807) is 0 Å². The van der Waals surface area contributed by atoms with Crippen molar-refractivity contribution in [2.45, 2.75) is 45.4 Å². The van der Waals surface area contributed by atoms with Gasteiger partial charge in [0.05, 0.1) is 11.4 Å². The van der Waals surface area contributed by atoms with Crippen molar-refractivity contribution in [1.29, 1.82) is 0 Å². The van der Waals surface area contributed by atoms with Crippen LogP contribution in [0.25, 0.3) is 0 Å². The summed E-state index contributed by atoms with van der Waals surface area (Å²) >= 11 is 0. The lowest BCUT2D eigenvalue weighted by Crippen LogP contribution is -2.28. The van der Waals surface area contributed by atoms with Gasteiger partial charge in [-0.25, -0.2) is 0 Å². The predicted octanol–water partition coefficient (Wildman–Crippen LogP) is 2.32. The molecule has 2 rings (SSSR count). The molecule has 3 nitrogen and oxygen atoms in total. The Morgan fingerprint density at radius 2 is 1.88 bits per heavy atom. The second-order valence-corrected chi connectivity index (χ2v) is 6.04. The van der Waals surface area contributed by atoms with Gasteiger partial charge in [-0.1, -0.05) is 20.8 Å². The molecular formula is C14H23N3. The van der Waals surface area contributed by atoms with Crippen LogP contribution in [0.2, 0.25) is 0 Å². The lowest BCUT2D eigenvalue weighted by Gasteiger charge is -2.22. The molecule has 0 aromatic carbocycles. The van der Waals surface area contributed by atoms with E-state index >= 15 is 0 Å². The van der Waals surface area contributed by atoms with E-state index in [0.717, 1.165) is 36.8 Å². The van der Waals surface area contributed by atoms with Gasteiger partial charge in [-0.3, -0.25) is 9.97 Å². The van der Waals surface area contributed by atoms with Crippen LogP contribution in [-0.4, -0.2) is 23.1 Å². The zero-order valence-corrected chi connectivity index (χ0v) is 11.2. The van der Waals surface area contributed by atoms with E-state index < -0.39 is 0 Å². The summed E-state index contributed by atoms with van der Waals surface area (Å²) in [5.74, 6) is 0.783. The third kappa shape index (κ3) is 3.50. The number of nitrogens with one attached hydrogen (secondary N) is 1. The Labute approximate surface area is 104 Å². The first kappa shape index (κ1) is 12.5. The van der Waals surface area contributed by atoms with E-state index in [-0.39, 0.29) is 5.41 Å². The van der Waals surface area contributed by atoms with Gasteiger partial charge < -0.3 is 5.32 Å². The van der Waals surface area contributed by atoms with Crippen molar-refractivity contribution in [3.05, 3.63) is 23.8 Å². The molecule has 1 aliphatic heterocycles. The van der Waals surface area contributed by atoms with E-state index in [1.165, 1.54) is 12.8 Å². The Morgan fingerprint density at radius 3 is 2.41 bits per heavy atom. The maximum Gasteiger partial charge on any atom is 0.0640 e. The summed E-state index contributed by atoms with van der Waals surface area (Å²) in [4.78, 5) is 9.09. The van der Waals surface area contributed by atoms with Gasteiger partial charge in [0.2, 0.25) is 0 Å². The van der Waals surface area contributed by atoms with Gasteiger partial charge in [-0.15, -0.1) is 0 Å². The average molecular weight is 233 g/mol. The van der Waals surface area contributed by atoms with Crippen molar-refractivity contribution >= 4 is 0 Å². The molecule has 1 aliphatic rings. The van der Waals surface area contributed by atoms with E-state index in [9.17, 15) is 0 Å². The Balaban J connectivity index is 1.98. The molecule has 0 saturated carbocycles. The number of piperidine rings is 1. The lowest BCUT2D eigenvalue weighted by atomic mass is 9.91. The van der Waals surface area contributed by atoms with Crippen LogP contribution in [0.1, 0.15) is 45.0 Å². The number of hydrogen-bond donors (Lipinski definition) is 1. The minimum absolute atomic E-state index is 0.0975. The van der Waals surface area contributed by atoms with Gasteiger partial charge >= 0.3 is 0 Å². The largest absolute Gasteiger partial charge is 0.317 e. The topological polar surface area (TPSA) is 37.8 Å². The number of nitrogens with zero attached hydrogens (tertiary/aromatic N) is 2. The fourth-order valence-electron chi connectivity index (χ4n) is 2.23. The molecule has 0 radical (unpaired) electrons. The minimum Gasteiger partial charge on any atom is -0.317 e. The quantitative estimate of drug-likeness (QED) is 0.852. The fourth-order valence-corrected chi connectivity index (χ4v) is 2.23. The summed E-state index contributed by atoms with van der Waals surface area (Å²) in [5, 5.41) is 3.39. The maximum atomic E-state index is 4.56. The maximum absolute atomic E-state index is 4.56. The molecule has 0 aliphatic carbocycles. The normalized spacial score (nSPS) is 18.3. The van der Waals surface area contributed by atoms with Crippen LogP contribution >= 0.6 is 0 Å². The Hall–Kier alpha value is -0.960. The molecule has 2 heterocycles. The smallest absolute Gasteiger partial charge is 0.0640 e. The molecule has 0 spiro atoms. The standard InChI is InChI=1S/C14H23N3/c1-14(2,3)13-10-16-12(9-17-13)8-11-4-6-15-7-5-11/h9-11,15H,4-8H2,1-3H3. The van der Waals surface area contributed by atoms with Gasteiger partial charge in [0, 0.05) is 17.8 Å². The summed E-state index contributed by atoms with van der Waals surface area (Å²) in [7, 11) is 0. The molecule has 1 fully saturated rings. The van der Waals surface area contributed by atoms with Crippen LogP contribution < -0.4 is 5.32 Å². The molecule has 3 heteroatoms.